The number of hydrogen-bond acceptors (Lipinski definition) is 0. The fraction of sp³-hybridized carbons (Fsp3) is 0. The van der Waals surface area contributed by atoms with Crippen LogP contribution in [-0.2, 0) is 25.0 Å². The van der Waals surface area contributed by atoms with Gasteiger partial charge in [-0.1, -0.05) is 0 Å². The Hall–Kier alpha value is 4.35. The second-order valence-corrected chi connectivity index (χ2v) is 0. The molecule has 1 nitrogen and oxygen atoms in total. The molecule has 7 heteroatoms. The summed E-state index contributed by atoms with van der Waals surface area (Å²) in [5, 5.41) is 0. The maximum absolute atomic E-state index is 0. The van der Waals surface area contributed by atoms with Gasteiger partial charge in [0.05, 0.1) is 0 Å². The van der Waals surface area contributed by atoms with Gasteiger partial charge in [0.15, 0.2) is 0 Å². The molecule has 0 N–H and O–H groups in total. The van der Waals surface area contributed by atoms with Crippen LogP contribution in [0.25, 0.3) is 0 Å². The molecule has 26 valence electrons. The standard InChI is InChI=1S/Ga.Ge.In.O.Pb.Sn.Zn/q;;;-2;+2;;. The van der Waals surface area contributed by atoms with Gasteiger partial charge in [0, 0.05) is 107 Å². The van der Waals surface area contributed by atoms with Crippen LogP contribution < -0.4 is 0 Å². The normalized spacial score (nSPS) is 0. The summed E-state index contributed by atoms with van der Waals surface area (Å²) in [6.07, 6.45) is 0. The first-order chi connectivity index (χ1) is 0. The van der Waals surface area contributed by atoms with Gasteiger partial charge >= 0.3 is 27.3 Å². The zero-order valence-electron chi connectivity index (χ0n) is 3.77. The van der Waals surface area contributed by atoms with Crippen LogP contribution in [-0.4, -0.2) is 114 Å². The Morgan fingerprint density at radius 1 is 1.00 bits per heavy atom. The van der Waals surface area contributed by atoms with Crippen LogP contribution >= 0.6 is 0 Å². The van der Waals surface area contributed by atoms with Crippen molar-refractivity contribution in [2.75, 3.05) is 0 Å². The van der Waals surface area contributed by atoms with Crippen molar-refractivity contribution >= 4 is 114 Å². The third-order valence-electron chi connectivity index (χ3n) is 0. The van der Waals surface area contributed by atoms with E-state index in [1.54, 1.807) is 0 Å². The van der Waals surface area contributed by atoms with E-state index in [2.05, 4.69) is 0 Å². The van der Waals surface area contributed by atoms with E-state index in [1.165, 1.54) is 0 Å². The van der Waals surface area contributed by atoms with Crippen molar-refractivity contribution in [2.24, 2.45) is 0 Å². The van der Waals surface area contributed by atoms with Crippen LogP contribution in [0.4, 0.5) is 0 Å². The van der Waals surface area contributed by atoms with Crippen molar-refractivity contribution in [3.05, 3.63) is 0 Å². The number of hydrogen-bond donors (Lipinski definition) is 0. The third-order valence-corrected chi connectivity index (χ3v) is 0. The van der Waals surface area contributed by atoms with Crippen molar-refractivity contribution in [3.8, 4) is 0 Å². The first-order valence-electron chi connectivity index (χ1n) is 0. The average molecular weight is 664 g/mol. The van der Waals surface area contributed by atoms with E-state index < -0.39 is 0 Å². The smallest absolute Gasteiger partial charge is 2.00 e. The van der Waals surface area contributed by atoms with Crippen molar-refractivity contribution in [2.45, 2.75) is 0 Å². The van der Waals surface area contributed by atoms with E-state index in [9.17, 15) is 0 Å². The molecule has 0 rings (SSSR count). The summed E-state index contributed by atoms with van der Waals surface area (Å²) in [7, 11) is 0. The van der Waals surface area contributed by atoms with Gasteiger partial charge < -0.3 is 5.48 Å². The molecule has 0 saturated carbocycles. The second-order valence-electron chi connectivity index (χ2n) is 0. The first-order valence-corrected chi connectivity index (χ1v) is 0. The predicted octanol–water partition coefficient (Wildman–Crippen LogP) is -2.03. The Kier molecular flexibility index (Phi) is 438. The molecular formula is GaGeInOPbSnZn. The van der Waals surface area contributed by atoms with Crippen LogP contribution in [0, 0.1) is 0 Å². The Labute approximate surface area is 136 Å². The van der Waals surface area contributed by atoms with Gasteiger partial charge in [0.25, 0.3) is 0 Å². The third kappa shape index (κ3) is 38.1. The zero-order valence-corrected chi connectivity index (χ0v) is 21.3. The molecule has 0 aromatic carbocycles. The Morgan fingerprint density at radius 3 is 1.00 bits per heavy atom. The Morgan fingerprint density at radius 2 is 1.00 bits per heavy atom. The molecule has 0 unspecified atom stereocenters. The van der Waals surface area contributed by atoms with Crippen molar-refractivity contribution in [1.82, 2.24) is 0 Å². The van der Waals surface area contributed by atoms with Crippen LogP contribution in [0.1, 0.15) is 0 Å². The van der Waals surface area contributed by atoms with Gasteiger partial charge in [-0.3, -0.25) is 0 Å². The minimum atomic E-state index is 0. The van der Waals surface area contributed by atoms with E-state index in [-0.39, 0.29) is 139 Å². The van der Waals surface area contributed by atoms with E-state index in [0.717, 1.165) is 0 Å². The van der Waals surface area contributed by atoms with Gasteiger partial charge in [-0.2, -0.15) is 0 Å². The molecule has 0 bridgehead atoms. The summed E-state index contributed by atoms with van der Waals surface area (Å²) < 4.78 is 0. The summed E-state index contributed by atoms with van der Waals surface area (Å²) in [6, 6.07) is 0. The molecule has 0 heterocycles. The largest absolute Gasteiger partial charge is 2.00 e. The molecular weight excluding hydrogens is 664 g/mol. The van der Waals surface area contributed by atoms with Crippen LogP contribution in [0.5, 0.6) is 0 Å². The zero-order chi connectivity index (χ0) is 0. The van der Waals surface area contributed by atoms with E-state index >= 15 is 0 Å². The summed E-state index contributed by atoms with van der Waals surface area (Å²) in [6.45, 7) is 0. The predicted molar refractivity (Wildman–Crippen MR) is 29.5 cm³/mol. The molecule has 7 heavy (non-hydrogen) atoms. The fourth-order valence-corrected chi connectivity index (χ4v) is 0. The molecule has 0 fully saturated rings. The topological polar surface area (TPSA) is 28.5 Å². The van der Waals surface area contributed by atoms with Gasteiger partial charge in [-0.15, -0.1) is 0 Å². The molecule has 0 aliphatic heterocycles. The second kappa shape index (κ2) is 47.8. The Bertz CT molecular complexity index is 19.7. The monoisotopic (exact) mass is 666 g/mol. The quantitative estimate of drug-likeness (QED) is 0.268. The molecule has 0 atom stereocenters. The SMILES string of the molecule is [Ga].[Ge].[In].[O-2].[Pb+2].[Sn].[Zn]. The van der Waals surface area contributed by atoms with Gasteiger partial charge in [0.1, 0.15) is 0 Å². The van der Waals surface area contributed by atoms with E-state index in [0.29, 0.717) is 0 Å². The van der Waals surface area contributed by atoms with Crippen molar-refractivity contribution in [1.29, 1.82) is 0 Å². The van der Waals surface area contributed by atoms with Gasteiger partial charge in [-0.25, -0.2) is 0 Å². The van der Waals surface area contributed by atoms with Crippen molar-refractivity contribution < 1.29 is 25.0 Å². The van der Waals surface area contributed by atoms with Crippen LogP contribution in [0.15, 0.2) is 0 Å². The molecule has 0 amide bonds. The molecule has 0 aliphatic rings. The van der Waals surface area contributed by atoms with Gasteiger partial charge in [0.2, 0.25) is 0 Å². The molecule has 0 saturated heterocycles. The Balaban J connectivity index is 0. The maximum atomic E-state index is 0. The minimum Gasteiger partial charge on any atom is -2.00 e. The van der Waals surface area contributed by atoms with Gasteiger partial charge in [-0.05, 0) is 0 Å². The van der Waals surface area contributed by atoms with Crippen LogP contribution in [0.2, 0.25) is 0 Å². The summed E-state index contributed by atoms with van der Waals surface area (Å²) in [5.41, 5.74) is 0. The first kappa shape index (κ1) is 64.2. The molecule has 16 radical (unpaired) electrons. The molecule has 0 aromatic heterocycles. The van der Waals surface area contributed by atoms with E-state index in [4.69, 9.17) is 0 Å². The van der Waals surface area contributed by atoms with Crippen molar-refractivity contribution in [3.63, 3.8) is 0 Å². The van der Waals surface area contributed by atoms with Crippen LogP contribution in [0.3, 0.4) is 0 Å². The average Bonchev–Trinajstić information content (AvgIpc) is 0. The molecule has 0 aliphatic carbocycles. The van der Waals surface area contributed by atoms with E-state index in [1.807, 2.05) is 0 Å². The summed E-state index contributed by atoms with van der Waals surface area (Å²) >= 11 is 0. The number of rotatable bonds is 0. The molecule has 0 spiro atoms. The molecule has 0 aromatic rings. The maximum Gasteiger partial charge on any atom is 2.00 e. The minimum absolute atomic E-state index is 0. The summed E-state index contributed by atoms with van der Waals surface area (Å²) in [4.78, 5) is 0. The fourth-order valence-electron chi connectivity index (χ4n) is 0. The summed E-state index contributed by atoms with van der Waals surface area (Å²) in [5.74, 6) is 0.